The number of fused-ring (bicyclic) bond motifs is 1. The maximum Gasteiger partial charge on any atom is 0.246 e. The Morgan fingerprint density at radius 1 is 1.33 bits per heavy atom. The van der Waals surface area contributed by atoms with E-state index in [1.165, 1.54) is 6.08 Å². The van der Waals surface area contributed by atoms with E-state index in [0.29, 0.717) is 18.1 Å². The van der Waals surface area contributed by atoms with E-state index in [1.54, 1.807) is 13.3 Å². The van der Waals surface area contributed by atoms with Gasteiger partial charge in [-0.3, -0.25) is 9.78 Å². The number of hydrogen-bond acceptors (Lipinski definition) is 4. The van der Waals surface area contributed by atoms with Crippen LogP contribution in [0.5, 0.6) is 5.75 Å². The molecule has 0 saturated carbocycles. The summed E-state index contributed by atoms with van der Waals surface area (Å²) >= 11 is 6.45. The number of carbonyl (C=O) groups excluding carboxylic acids is 1. The number of ether oxygens (including phenoxy) is 1. The molecule has 1 saturated heterocycles. The second kappa shape index (κ2) is 8.00. The molecule has 1 fully saturated rings. The largest absolute Gasteiger partial charge is 0.496 e. The number of nitrogens with zero attached hydrogens (tertiary/aromatic N) is 2. The first-order chi connectivity index (χ1) is 14.5. The normalized spacial score (nSPS) is 18.4. The average Bonchev–Trinajstić information content (AvgIpc) is 3.19. The number of methoxy groups -OCH3 is 1. The number of pyridine rings is 1. The lowest BCUT2D eigenvalue weighted by Crippen LogP contribution is -2.40. The van der Waals surface area contributed by atoms with Crippen molar-refractivity contribution in [2.75, 3.05) is 25.5 Å². The van der Waals surface area contributed by atoms with Gasteiger partial charge in [0.25, 0.3) is 0 Å². The second-order valence-electron chi connectivity index (χ2n) is 7.58. The van der Waals surface area contributed by atoms with Crippen LogP contribution in [0.4, 0.5) is 5.69 Å². The fourth-order valence-electron chi connectivity index (χ4n) is 4.30. The van der Waals surface area contributed by atoms with Crippen molar-refractivity contribution in [3.63, 3.8) is 0 Å². The number of likely N-dealkylation sites (tertiary alicyclic amines) is 1. The molecule has 6 heteroatoms. The van der Waals surface area contributed by atoms with Gasteiger partial charge >= 0.3 is 0 Å². The van der Waals surface area contributed by atoms with Crippen LogP contribution in [-0.2, 0) is 10.3 Å². The summed E-state index contributed by atoms with van der Waals surface area (Å²) in [6.07, 6.45) is 3.87. The van der Waals surface area contributed by atoms with Gasteiger partial charge in [0.05, 0.1) is 18.2 Å². The Morgan fingerprint density at radius 2 is 2.17 bits per heavy atom. The van der Waals surface area contributed by atoms with E-state index in [4.69, 9.17) is 16.3 Å². The monoisotopic (exact) mass is 421 g/mol. The van der Waals surface area contributed by atoms with Crippen LogP contribution < -0.4 is 10.1 Å². The van der Waals surface area contributed by atoms with Gasteiger partial charge in [-0.05, 0) is 60.9 Å². The molecule has 0 radical (unpaired) electrons. The van der Waals surface area contributed by atoms with Crippen LogP contribution in [0.15, 0.2) is 61.3 Å². The summed E-state index contributed by atoms with van der Waals surface area (Å²) in [5.41, 5.74) is 3.42. The minimum atomic E-state index is -0.458. The summed E-state index contributed by atoms with van der Waals surface area (Å²) in [5.74, 6) is 0.721. The highest BCUT2D eigenvalue weighted by molar-refractivity contribution is 6.31. The molecule has 4 rings (SSSR count). The highest BCUT2D eigenvalue weighted by Gasteiger charge is 2.42. The van der Waals surface area contributed by atoms with E-state index in [9.17, 15) is 4.79 Å². The van der Waals surface area contributed by atoms with E-state index in [0.717, 1.165) is 39.9 Å². The van der Waals surface area contributed by atoms with Crippen LogP contribution in [0.25, 0.3) is 10.9 Å². The van der Waals surface area contributed by atoms with Crippen LogP contribution in [-0.4, -0.2) is 36.0 Å². The van der Waals surface area contributed by atoms with E-state index in [-0.39, 0.29) is 5.91 Å². The zero-order valence-electron chi connectivity index (χ0n) is 17.1. The quantitative estimate of drug-likeness (QED) is 0.593. The topological polar surface area (TPSA) is 54.5 Å². The smallest absolute Gasteiger partial charge is 0.246 e. The third-order valence-electron chi connectivity index (χ3n) is 5.85. The van der Waals surface area contributed by atoms with E-state index < -0.39 is 5.54 Å². The van der Waals surface area contributed by atoms with Gasteiger partial charge in [-0.1, -0.05) is 30.3 Å². The number of anilines is 1. The van der Waals surface area contributed by atoms with Crippen molar-refractivity contribution >= 4 is 34.1 Å². The lowest BCUT2D eigenvalue weighted by atomic mass is 9.85. The summed E-state index contributed by atoms with van der Waals surface area (Å²) in [6, 6.07) is 13.8. The molecule has 2 heterocycles. The standard InChI is InChI=1S/C24H24ClN3O2/c1-4-23(29)28-13-11-24(15-28,19-6-5-7-20(25)16(19)2)27-17-8-9-18-21(14-17)26-12-10-22(18)30-3/h4-10,12,14,27H,1,11,13,15H2,2-3H3. The summed E-state index contributed by atoms with van der Waals surface area (Å²) in [4.78, 5) is 18.6. The first-order valence-electron chi connectivity index (χ1n) is 9.85. The number of amides is 1. The zero-order chi connectivity index (χ0) is 21.3. The number of rotatable bonds is 5. The molecule has 2 aromatic carbocycles. The van der Waals surface area contributed by atoms with E-state index in [2.05, 4.69) is 22.9 Å². The van der Waals surface area contributed by atoms with Gasteiger partial charge in [0.2, 0.25) is 5.91 Å². The van der Waals surface area contributed by atoms with Crippen LogP contribution in [0.1, 0.15) is 17.5 Å². The van der Waals surface area contributed by atoms with Crippen molar-refractivity contribution in [1.29, 1.82) is 0 Å². The third-order valence-corrected chi connectivity index (χ3v) is 6.25. The number of aromatic nitrogens is 1. The number of halogens is 1. The molecule has 1 aliphatic rings. The molecule has 1 aromatic heterocycles. The predicted octanol–water partition coefficient (Wildman–Crippen LogP) is 4.93. The van der Waals surface area contributed by atoms with Crippen molar-refractivity contribution < 1.29 is 9.53 Å². The Labute approximate surface area is 181 Å². The maximum atomic E-state index is 12.3. The van der Waals surface area contributed by atoms with E-state index >= 15 is 0 Å². The van der Waals surface area contributed by atoms with Gasteiger partial charge in [-0.25, -0.2) is 0 Å². The molecule has 30 heavy (non-hydrogen) atoms. The number of nitrogens with one attached hydrogen (secondary N) is 1. The van der Waals surface area contributed by atoms with Crippen LogP contribution in [0.2, 0.25) is 5.02 Å². The Morgan fingerprint density at radius 3 is 2.93 bits per heavy atom. The van der Waals surface area contributed by atoms with Gasteiger partial charge in [0.1, 0.15) is 5.75 Å². The lowest BCUT2D eigenvalue weighted by Gasteiger charge is -2.34. The summed E-state index contributed by atoms with van der Waals surface area (Å²) in [6.45, 7) is 6.83. The summed E-state index contributed by atoms with van der Waals surface area (Å²) in [7, 11) is 1.65. The number of carbonyl (C=O) groups is 1. The zero-order valence-corrected chi connectivity index (χ0v) is 17.9. The van der Waals surface area contributed by atoms with Crippen molar-refractivity contribution in [3.8, 4) is 5.75 Å². The lowest BCUT2D eigenvalue weighted by molar-refractivity contribution is -0.125. The van der Waals surface area contributed by atoms with Gasteiger partial charge in [-0.15, -0.1) is 0 Å². The van der Waals surface area contributed by atoms with E-state index in [1.807, 2.05) is 48.2 Å². The molecule has 1 atom stereocenters. The molecule has 0 spiro atoms. The minimum Gasteiger partial charge on any atom is -0.496 e. The Kier molecular flexibility index (Phi) is 5.39. The Balaban J connectivity index is 1.78. The molecular weight excluding hydrogens is 398 g/mol. The van der Waals surface area contributed by atoms with Gasteiger partial charge in [-0.2, -0.15) is 0 Å². The van der Waals surface area contributed by atoms with Crippen LogP contribution in [0, 0.1) is 6.92 Å². The molecule has 5 nitrogen and oxygen atoms in total. The molecule has 154 valence electrons. The molecule has 1 amide bonds. The van der Waals surface area contributed by atoms with Crippen molar-refractivity contribution in [3.05, 3.63) is 77.5 Å². The highest BCUT2D eigenvalue weighted by atomic mass is 35.5. The number of benzene rings is 2. The van der Waals surface area contributed by atoms with Gasteiger partial charge < -0.3 is 15.0 Å². The molecule has 0 bridgehead atoms. The van der Waals surface area contributed by atoms with Crippen LogP contribution >= 0.6 is 11.6 Å². The van der Waals surface area contributed by atoms with Crippen molar-refractivity contribution in [2.45, 2.75) is 18.9 Å². The van der Waals surface area contributed by atoms with Crippen molar-refractivity contribution in [2.24, 2.45) is 0 Å². The molecular formula is C24H24ClN3O2. The van der Waals surface area contributed by atoms with Gasteiger partial charge in [0.15, 0.2) is 0 Å². The SMILES string of the molecule is C=CC(=O)N1CCC(Nc2ccc3c(OC)ccnc3c2)(c2cccc(Cl)c2C)C1. The highest BCUT2D eigenvalue weighted by Crippen LogP contribution is 2.40. The van der Waals surface area contributed by atoms with Crippen molar-refractivity contribution in [1.82, 2.24) is 9.88 Å². The predicted molar refractivity (Wildman–Crippen MR) is 121 cm³/mol. The van der Waals surface area contributed by atoms with Crippen LogP contribution in [0.3, 0.4) is 0 Å². The Hall–Kier alpha value is -3.05. The van der Waals surface area contributed by atoms with Gasteiger partial charge in [0, 0.05) is 35.4 Å². The molecule has 1 aliphatic heterocycles. The maximum absolute atomic E-state index is 12.3. The summed E-state index contributed by atoms with van der Waals surface area (Å²) in [5, 5.41) is 5.38. The third kappa shape index (κ3) is 3.50. The molecule has 1 unspecified atom stereocenters. The second-order valence-corrected chi connectivity index (χ2v) is 7.99. The fourth-order valence-corrected chi connectivity index (χ4v) is 4.47. The fraction of sp³-hybridized carbons (Fsp3) is 0.250. The summed E-state index contributed by atoms with van der Waals surface area (Å²) < 4.78 is 5.44. The molecule has 0 aliphatic carbocycles. The Bertz CT molecular complexity index is 1130. The minimum absolute atomic E-state index is 0.0664. The first kappa shape index (κ1) is 20.2. The number of hydrogen-bond donors (Lipinski definition) is 1. The molecule has 3 aromatic rings. The average molecular weight is 422 g/mol. The first-order valence-corrected chi connectivity index (χ1v) is 10.2. The molecule has 1 N–H and O–H groups in total.